The van der Waals surface area contributed by atoms with E-state index in [4.69, 9.17) is 9.47 Å². The summed E-state index contributed by atoms with van der Waals surface area (Å²) < 4.78 is 23.3. The molecule has 1 aliphatic rings. The minimum absolute atomic E-state index is 0.300. The molecule has 0 heterocycles. The SMILES string of the molecule is CCCOc1ccc(CNC(=NC)NC2CCCC(S(=O)CC)C2)cc1OC. The third-order valence-corrected chi connectivity index (χ3v) is 6.74. The van der Waals surface area contributed by atoms with Gasteiger partial charge in [0.05, 0.1) is 13.7 Å². The van der Waals surface area contributed by atoms with Gasteiger partial charge in [0.25, 0.3) is 0 Å². The van der Waals surface area contributed by atoms with Gasteiger partial charge < -0.3 is 20.1 Å². The lowest BCUT2D eigenvalue weighted by Gasteiger charge is -2.30. The molecule has 1 fully saturated rings. The largest absolute Gasteiger partial charge is 0.493 e. The lowest BCUT2D eigenvalue weighted by molar-refractivity contribution is 0.294. The predicted molar refractivity (Wildman–Crippen MR) is 117 cm³/mol. The molecule has 1 aromatic rings. The Morgan fingerprint density at radius 2 is 2.11 bits per heavy atom. The Bertz CT molecular complexity index is 666. The maximum absolute atomic E-state index is 12.1. The number of rotatable bonds is 9. The van der Waals surface area contributed by atoms with Crippen molar-refractivity contribution < 1.29 is 13.7 Å². The van der Waals surface area contributed by atoms with Crippen molar-refractivity contribution in [1.29, 1.82) is 0 Å². The maximum atomic E-state index is 12.1. The Labute approximate surface area is 171 Å². The highest BCUT2D eigenvalue weighted by atomic mass is 32.2. The van der Waals surface area contributed by atoms with Gasteiger partial charge in [0, 0.05) is 41.4 Å². The van der Waals surface area contributed by atoms with E-state index >= 15 is 0 Å². The molecule has 158 valence electrons. The fourth-order valence-corrected chi connectivity index (χ4v) is 4.83. The van der Waals surface area contributed by atoms with Gasteiger partial charge in [0.2, 0.25) is 0 Å². The van der Waals surface area contributed by atoms with Crippen molar-refractivity contribution in [3.05, 3.63) is 23.8 Å². The monoisotopic (exact) mass is 409 g/mol. The highest BCUT2D eigenvalue weighted by Crippen LogP contribution is 2.28. The van der Waals surface area contributed by atoms with Crippen molar-refractivity contribution in [2.24, 2.45) is 4.99 Å². The summed E-state index contributed by atoms with van der Waals surface area (Å²) in [6.45, 7) is 5.40. The molecule has 28 heavy (non-hydrogen) atoms. The number of nitrogens with one attached hydrogen (secondary N) is 2. The van der Waals surface area contributed by atoms with Crippen LogP contribution in [0.5, 0.6) is 11.5 Å². The van der Waals surface area contributed by atoms with E-state index in [0.717, 1.165) is 60.9 Å². The highest BCUT2D eigenvalue weighted by Gasteiger charge is 2.26. The van der Waals surface area contributed by atoms with Crippen LogP contribution in [-0.4, -0.2) is 48.0 Å². The van der Waals surface area contributed by atoms with E-state index in [9.17, 15) is 4.21 Å². The molecular formula is C21H35N3O3S. The number of nitrogens with zero attached hydrogens (tertiary/aromatic N) is 1. The lowest BCUT2D eigenvalue weighted by Crippen LogP contribution is -2.46. The van der Waals surface area contributed by atoms with Crippen molar-refractivity contribution in [3.63, 3.8) is 0 Å². The van der Waals surface area contributed by atoms with E-state index in [0.29, 0.717) is 24.4 Å². The van der Waals surface area contributed by atoms with Gasteiger partial charge in [-0.3, -0.25) is 9.20 Å². The Morgan fingerprint density at radius 3 is 2.79 bits per heavy atom. The fourth-order valence-electron chi connectivity index (χ4n) is 3.48. The van der Waals surface area contributed by atoms with Crippen LogP contribution in [-0.2, 0) is 17.3 Å². The summed E-state index contributed by atoms with van der Waals surface area (Å²) in [5.41, 5.74) is 1.09. The molecule has 3 atom stereocenters. The van der Waals surface area contributed by atoms with E-state index in [1.54, 1.807) is 14.2 Å². The Hall–Kier alpha value is -1.76. The summed E-state index contributed by atoms with van der Waals surface area (Å²) in [6, 6.07) is 6.30. The molecule has 1 aromatic carbocycles. The summed E-state index contributed by atoms with van der Waals surface area (Å²) in [7, 11) is 2.72. The van der Waals surface area contributed by atoms with Crippen LogP contribution in [0.2, 0.25) is 0 Å². The summed E-state index contributed by atoms with van der Waals surface area (Å²) in [5.74, 6) is 3.03. The first kappa shape index (κ1) is 22.5. The van der Waals surface area contributed by atoms with Crippen LogP contribution < -0.4 is 20.1 Å². The smallest absolute Gasteiger partial charge is 0.191 e. The van der Waals surface area contributed by atoms with Crippen LogP contribution in [0.3, 0.4) is 0 Å². The van der Waals surface area contributed by atoms with E-state index in [1.165, 1.54) is 0 Å². The van der Waals surface area contributed by atoms with Crippen LogP contribution >= 0.6 is 0 Å². The van der Waals surface area contributed by atoms with Crippen molar-refractivity contribution >= 4 is 16.8 Å². The number of aliphatic imine (C=N–C) groups is 1. The van der Waals surface area contributed by atoms with Crippen molar-refractivity contribution in [2.75, 3.05) is 26.5 Å². The number of benzene rings is 1. The van der Waals surface area contributed by atoms with Gasteiger partial charge in [0.15, 0.2) is 17.5 Å². The van der Waals surface area contributed by atoms with Gasteiger partial charge >= 0.3 is 0 Å². The number of hydrogen-bond donors (Lipinski definition) is 2. The summed E-state index contributed by atoms with van der Waals surface area (Å²) >= 11 is 0. The highest BCUT2D eigenvalue weighted by molar-refractivity contribution is 7.85. The molecule has 7 heteroatoms. The van der Waals surface area contributed by atoms with Gasteiger partial charge in [-0.25, -0.2) is 0 Å². The van der Waals surface area contributed by atoms with Gasteiger partial charge in [0.1, 0.15) is 0 Å². The molecule has 0 aliphatic heterocycles. The molecule has 0 amide bonds. The molecule has 2 N–H and O–H groups in total. The average molecular weight is 410 g/mol. The zero-order chi connectivity index (χ0) is 20.4. The van der Waals surface area contributed by atoms with E-state index in [1.807, 2.05) is 25.1 Å². The summed E-state index contributed by atoms with van der Waals surface area (Å²) in [6.07, 6.45) is 5.18. The van der Waals surface area contributed by atoms with Crippen molar-refractivity contribution in [3.8, 4) is 11.5 Å². The molecule has 0 saturated heterocycles. The van der Waals surface area contributed by atoms with Gasteiger partial charge in [-0.1, -0.05) is 26.3 Å². The van der Waals surface area contributed by atoms with E-state index in [-0.39, 0.29) is 0 Å². The maximum Gasteiger partial charge on any atom is 0.191 e. The Morgan fingerprint density at radius 1 is 1.29 bits per heavy atom. The molecule has 2 rings (SSSR count). The molecule has 0 aromatic heterocycles. The topological polar surface area (TPSA) is 72.0 Å². The number of hydrogen-bond acceptors (Lipinski definition) is 4. The zero-order valence-electron chi connectivity index (χ0n) is 17.6. The van der Waals surface area contributed by atoms with Crippen LogP contribution in [0.1, 0.15) is 51.5 Å². The second-order valence-electron chi connectivity index (χ2n) is 7.06. The molecule has 0 spiro atoms. The quantitative estimate of drug-likeness (QED) is 0.484. The number of ether oxygens (including phenoxy) is 2. The second-order valence-corrected chi connectivity index (χ2v) is 9.06. The van der Waals surface area contributed by atoms with Gasteiger partial charge in [-0.05, 0) is 43.4 Å². The minimum Gasteiger partial charge on any atom is -0.493 e. The molecule has 1 saturated carbocycles. The Kier molecular flexibility index (Phi) is 9.61. The van der Waals surface area contributed by atoms with E-state index < -0.39 is 10.8 Å². The third-order valence-electron chi connectivity index (χ3n) is 5.00. The molecular weight excluding hydrogens is 374 g/mol. The standard InChI is InChI=1S/C21H35N3O3S/c1-5-12-27-19-11-10-16(13-20(19)26-4)15-23-21(22-3)24-17-8-7-9-18(14-17)28(25)6-2/h10-11,13,17-18H,5-9,12,14-15H2,1-4H3,(H2,22,23,24). The molecule has 1 aliphatic carbocycles. The molecule has 6 nitrogen and oxygen atoms in total. The third kappa shape index (κ3) is 6.69. The predicted octanol–water partition coefficient (Wildman–Crippen LogP) is 3.23. The van der Waals surface area contributed by atoms with Crippen molar-refractivity contribution in [1.82, 2.24) is 10.6 Å². The minimum atomic E-state index is -0.719. The van der Waals surface area contributed by atoms with Crippen LogP contribution in [0, 0.1) is 0 Å². The average Bonchev–Trinajstić information content (AvgIpc) is 2.74. The first-order valence-corrected chi connectivity index (χ1v) is 11.6. The zero-order valence-corrected chi connectivity index (χ0v) is 18.4. The first-order valence-electron chi connectivity index (χ1n) is 10.2. The van der Waals surface area contributed by atoms with Crippen LogP contribution in [0.4, 0.5) is 0 Å². The summed E-state index contributed by atoms with van der Waals surface area (Å²) in [4.78, 5) is 4.35. The molecule has 0 radical (unpaired) electrons. The molecule has 0 bridgehead atoms. The Balaban J connectivity index is 1.90. The van der Waals surface area contributed by atoms with Crippen LogP contribution in [0.25, 0.3) is 0 Å². The second kappa shape index (κ2) is 11.9. The molecule has 3 unspecified atom stereocenters. The van der Waals surface area contributed by atoms with Crippen molar-refractivity contribution in [2.45, 2.75) is 63.8 Å². The normalized spacial score (nSPS) is 21.1. The van der Waals surface area contributed by atoms with Gasteiger partial charge in [-0.2, -0.15) is 0 Å². The van der Waals surface area contributed by atoms with Crippen LogP contribution in [0.15, 0.2) is 23.2 Å². The first-order chi connectivity index (χ1) is 13.6. The number of methoxy groups -OCH3 is 1. The fraction of sp³-hybridized carbons (Fsp3) is 0.667. The lowest BCUT2D eigenvalue weighted by atomic mass is 9.95. The van der Waals surface area contributed by atoms with E-state index in [2.05, 4.69) is 22.5 Å². The summed E-state index contributed by atoms with van der Waals surface area (Å²) in [5, 5.41) is 7.17. The van der Waals surface area contributed by atoms with Gasteiger partial charge in [-0.15, -0.1) is 0 Å². The number of guanidine groups is 1.